The van der Waals surface area contributed by atoms with E-state index in [0.29, 0.717) is 22.8 Å². The third-order valence-corrected chi connectivity index (χ3v) is 5.26. The van der Waals surface area contributed by atoms with Gasteiger partial charge in [-0.1, -0.05) is 18.2 Å². The normalized spacial score (nSPS) is 13.2. The minimum Gasteiger partial charge on any atom is -0.478 e. The number of ether oxygens (including phenoxy) is 1. The smallest absolute Gasteiger partial charge is 0.409 e. The molecule has 0 aliphatic heterocycles. The van der Waals surface area contributed by atoms with E-state index in [2.05, 4.69) is 9.97 Å². The molecule has 11 heteroatoms. The summed E-state index contributed by atoms with van der Waals surface area (Å²) in [5.41, 5.74) is 2.61. The molecule has 8 nitrogen and oxygen atoms in total. The number of nitrogens with one attached hydrogen (secondary N) is 1. The molecule has 0 saturated heterocycles. The number of hydrogen-bond acceptors (Lipinski definition) is 5. The summed E-state index contributed by atoms with van der Waals surface area (Å²) >= 11 is 0. The molecular weight excluding hydrogens is 437 g/mol. The van der Waals surface area contributed by atoms with E-state index in [4.69, 9.17) is 10.00 Å². The van der Waals surface area contributed by atoms with E-state index in [1.54, 1.807) is 49.0 Å². The van der Waals surface area contributed by atoms with Crippen LogP contribution in [0.1, 0.15) is 31.9 Å². The third-order valence-electron chi connectivity index (χ3n) is 5.26. The zero-order chi connectivity index (χ0) is 24.2. The first-order chi connectivity index (χ1) is 15.7. The second-order valence-corrected chi connectivity index (χ2v) is 7.29. The number of amides is 2. The second-order valence-electron chi connectivity index (χ2n) is 7.29. The Hall–Kier alpha value is -3.81. The van der Waals surface area contributed by atoms with E-state index in [1.165, 1.54) is 18.1 Å². The van der Waals surface area contributed by atoms with E-state index in [-0.39, 0.29) is 6.54 Å². The lowest BCUT2D eigenvalue weighted by atomic mass is 10.0. The van der Waals surface area contributed by atoms with Gasteiger partial charge in [-0.25, -0.2) is 14.8 Å². The molecule has 0 spiro atoms. The molecule has 2 amide bonds. The summed E-state index contributed by atoms with van der Waals surface area (Å²) in [6.07, 6.45) is -0.405. The van der Waals surface area contributed by atoms with Crippen molar-refractivity contribution in [3.8, 4) is 23.2 Å². The molecule has 2 heterocycles. The highest BCUT2D eigenvalue weighted by molar-refractivity contribution is 5.75. The first kappa shape index (κ1) is 23.8. The van der Waals surface area contributed by atoms with Crippen molar-refractivity contribution in [3.05, 3.63) is 48.4 Å². The maximum atomic E-state index is 13.1. The summed E-state index contributed by atoms with van der Waals surface area (Å²) in [7, 11) is 1.50. The van der Waals surface area contributed by atoms with Gasteiger partial charge in [0.15, 0.2) is 5.65 Å². The van der Waals surface area contributed by atoms with Crippen LogP contribution in [0.25, 0.3) is 16.9 Å². The van der Waals surface area contributed by atoms with Crippen LogP contribution in [-0.4, -0.2) is 51.2 Å². The number of urea groups is 1. The van der Waals surface area contributed by atoms with Gasteiger partial charge in [0, 0.05) is 30.7 Å². The molecule has 174 valence electrons. The predicted molar refractivity (Wildman–Crippen MR) is 114 cm³/mol. The van der Waals surface area contributed by atoms with Crippen LogP contribution in [0.2, 0.25) is 0 Å². The van der Waals surface area contributed by atoms with Crippen molar-refractivity contribution in [2.75, 3.05) is 13.7 Å². The molecule has 33 heavy (non-hydrogen) atoms. The second kappa shape index (κ2) is 9.77. The largest absolute Gasteiger partial charge is 0.478 e. The fourth-order valence-corrected chi connectivity index (χ4v) is 3.48. The van der Waals surface area contributed by atoms with E-state index in [9.17, 15) is 18.0 Å². The van der Waals surface area contributed by atoms with Crippen LogP contribution in [0.15, 0.2) is 42.9 Å². The van der Waals surface area contributed by atoms with Crippen LogP contribution in [0.3, 0.4) is 0 Å². The fourth-order valence-electron chi connectivity index (χ4n) is 3.48. The molecule has 0 bridgehead atoms. The molecule has 3 aromatic rings. The highest BCUT2D eigenvalue weighted by Crippen LogP contribution is 2.28. The van der Waals surface area contributed by atoms with Gasteiger partial charge in [-0.15, -0.1) is 0 Å². The number of nitrogens with zero attached hydrogens (tertiary/aromatic N) is 5. The molecule has 1 aromatic carbocycles. The lowest BCUT2D eigenvalue weighted by molar-refractivity contribution is -0.152. The number of nitriles is 1. The summed E-state index contributed by atoms with van der Waals surface area (Å²) < 4.78 is 46.5. The van der Waals surface area contributed by atoms with Gasteiger partial charge in [0.2, 0.25) is 0 Å². The number of aromatic nitrogens is 3. The molecule has 2 atom stereocenters. The van der Waals surface area contributed by atoms with Crippen molar-refractivity contribution in [1.82, 2.24) is 24.6 Å². The number of carbonyl (C=O) groups is 1. The number of benzene rings is 1. The standard InChI is InChI=1S/C22H23F3N6O2/c1-4-31(21(32)29-18(8-9-26)22(23,24)25)14(2)15-6-5-7-16(12-15)17-13-30-11-10-27-19(30)20(28-17)33-3/h5-7,10-14,18H,4,8H2,1-3H3,(H,29,32). The van der Waals surface area contributed by atoms with Gasteiger partial charge in [0.25, 0.3) is 5.88 Å². The van der Waals surface area contributed by atoms with Crippen molar-refractivity contribution >= 4 is 11.7 Å². The lowest BCUT2D eigenvalue weighted by Crippen LogP contribution is -2.51. The number of carbonyl (C=O) groups excluding carboxylic acids is 1. The van der Waals surface area contributed by atoms with E-state index >= 15 is 0 Å². The van der Waals surface area contributed by atoms with Gasteiger partial charge in [-0.2, -0.15) is 18.4 Å². The number of fused-ring (bicyclic) bond motifs is 1. The summed E-state index contributed by atoms with van der Waals surface area (Å²) in [6, 6.07) is 5.03. The minimum atomic E-state index is -4.72. The van der Waals surface area contributed by atoms with Gasteiger partial charge in [-0.05, 0) is 25.5 Å². The number of imidazole rings is 1. The maximum absolute atomic E-state index is 13.1. The van der Waals surface area contributed by atoms with Crippen molar-refractivity contribution in [1.29, 1.82) is 5.26 Å². The Kier molecular flexibility index (Phi) is 7.06. The first-order valence-corrected chi connectivity index (χ1v) is 10.2. The molecule has 0 aliphatic rings. The van der Waals surface area contributed by atoms with Crippen molar-refractivity contribution in [2.24, 2.45) is 0 Å². The zero-order valence-corrected chi connectivity index (χ0v) is 18.3. The average Bonchev–Trinajstić information content (AvgIpc) is 3.27. The number of rotatable bonds is 7. The van der Waals surface area contributed by atoms with Crippen molar-refractivity contribution in [2.45, 2.75) is 38.5 Å². The Labute approximate surface area is 188 Å². The molecule has 1 N–H and O–H groups in total. The fraction of sp³-hybridized carbons (Fsp3) is 0.364. The van der Waals surface area contributed by atoms with E-state index < -0.39 is 30.7 Å². The summed E-state index contributed by atoms with van der Waals surface area (Å²) in [4.78, 5) is 22.6. The lowest BCUT2D eigenvalue weighted by Gasteiger charge is -2.31. The zero-order valence-electron chi connectivity index (χ0n) is 18.3. The van der Waals surface area contributed by atoms with Crippen LogP contribution in [0.4, 0.5) is 18.0 Å². The van der Waals surface area contributed by atoms with Crippen LogP contribution >= 0.6 is 0 Å². The number of methoxy groups -OCH3 is 1. The minimum absolute atomic E-state index is 0.168. The van der Waals surface area contributed by atoms with E-state index in [1.807, 2.05) is 17.4 Å². The van der Waals surface area contributed by atoms with Crippen LogP contribution in [-0.2, 0) is 0 Å². The summed E-state index contributed by atoms with van der Waals surface area (Å²) in [5, 5.41) is 10.6. The van der Waals surface area contributed by atoms with Gasteiger partial charge >= 0.3 is 12.2 Å². The van der Waals surface area contributed by atoms with Gasteiger partial charge in [0.1, 0.15) is 6.04 Å². The first-order valence-electron chi connectivity index (χ1n) is 10.2. The van der Waals surface area contributed by atoms with Crippen molar-refractivity contribution < 1.29 is 22.7 Å². The molecule has 0 fully saturated rings. The van der Waals surface area contributed by atoms with Gasteiger partial charge < -0.3 is 19.4 Å². The monoisotopic (exact) mass is 460 g/mol. The molecule has 0 saturated carbocycles. The molecule has 2 unspecified atom stereocenters. The topological polar surface area (TPSA) is 95.6 Å². The Morgan fingerprint density at radius 2 is 2.15 bits per heavy atom. The quantitative estimate of drug-likeness (QED) is 0.566. The maximum Gasteiger partial charge on any atom is 0.409 e. The summed E-state index contributed by atoms with van der Waals surface area (Å²) in [5.74, 6) is 0.348. The molecule has 0 aliphatic carbocycles. The highest BCUT2D eigenvalue weighted by atomic mass is 19.4. The SMILES string of the molecule is CCN(C(=O)NC(CC#N)C(F)(F)F)C(C)c1cccc(-c2cn3ccnc3c(OC)n2)c1. The Morgan fingerprint density at radius 3 is 2.79 bits per heavy atom. The average molecular weight is 460 g/mol. The Morgan fingerprint density at radius 1 is 1.39 bits per heavy atom. The number of alkyl halides is 3. The number of hydrogen-bond donors (Lipinski definition) is 1. The van der Waals surface area contributed by atoms with Crippen molar-refractivity contribution in [3.63, 3.8) is 0 Å². The van der Waals surface area contributed by atoms with Gasteiger partial charge in [-0.3, -0.25) is 0 Å². The molecule has 0 radical (unpaired) electrons. The molecule has 3 rings (SSSR count). The Bertz CT molecular complexity index is 1170. The predicted octanol–water partition coefficient (Wildman–Crippen LogP) is 4.34. The van der Waals surface area contributed by atoms with Crippen LogP contribution in [0, 0.1) is 11.3 Å². The van der Waals surface area contributed by atoms with Crippen LogP contribution in [0.5, 0.6) is 5.88 Å². The number of halogens is 3. The van der Waals surface area contributed by atoms with E-state index in [0.717, 1.165) is 5.56 Å². The summed E-state index contributed by atoms with van der Waals surface area (Å²) in [6.45, 7) is 3.57. The Balaban J connectivity index is 1.88. The van der Waals surface area contributed by atoms with Gasteiger partial charge in [0.05, 0.1) is 31.3 Å². The third kappa shape index (κ3) is 5.16. The van der Waals surface area contributed by atoms with Crippen LogP contribution < -0.4 is 10.1 Å². The molecular formula is C22H23F3N6O2. The molecule has 2 aromatic heterocycles. The highest BCUT2D eigenvalue weighted by Gasteiger charge is 2.41.